The van der Waals surface area contributed by atoms with Crippen molar-refractivity contribution in [3.05, 3.63) is 0 Å². The Balaban J connectivity index is 2.30. The molecule has 0 saturated carbocycles. The molecule has 0 aromatic rings. The van der Waals surface area contributed by atoms with E-state index in [2.05, 4.69) is 15.5 Å². The Morgan fingerprint density at radius 3 is 2.58 bits per heavy atom. The molecule has 110 valence electrons. The Morgan fingerprint density at radius 1 is 1.00 bits per heavy atom. The van der Waals surface area contributed by atoms with Gasteiger partial charge in [0.25, 0.3) is 0 Å². The number of carbonyl (C=O) groups is 2. The summed E-state index contributed by atoms with van der Waals surface area (Å²) in [6.07, 6.45) is 3.85. The second-order valence-electron chi connectivity index (χ2n) is 4.76. The van der Waals surface area contributed by atoms with Gasteiger partial charge in [-0.2, -0.15) is 4.89 Å². The third-order valence-electron chi connectivity index (χ3n) is 2.96. The summed E-state index contributed by atoms with van der Waals surface area (Å²) in [6, 6.07) is 0. The fourth-order valence-electron chi connectivity index (χ4n) is 1.86. The maximum atomic E-state index is 11.5. The largest absolute Gasteiger partial charge is 0.342 e. The predicted octanol–water partition coefficient (Wildman–Crippen LogP) is 0.910. The van der Waals surface area contributed by atoms with Crippen LogP contribution < -0.4 is 10.6 Å². The predicted molar refractivity (Wildman–Crippen MR) is 70.2 cm³/mol. The molecule has 0 aliphatic carbocycles. The van der Waals surface area contributed by atoms with Crippen molar-refractivity contribution >= 4 is 11.8 Å². The van der Waals surface area contributed by atoms with Crippen molar-refractivity contribution in [3.63, 3.8) is 0 Å². The standard InChI is InChI=1S/C13H24N2O4/c1-11-14-8-3-2-5-12(16)6-4-7-13(17)19-18-10-9-15-11/h11,14-15H,2-10H2,1H3. The zero-order valence-corrected chi connectivity index (χ0v) is 11.6. The van der Waals surface area contributed by atoms with Gasteiger partial charge in [0, 0.05) is 25.8 Å². The topological polar surface area (TPSA) is 76.7 Å². The third kappa shape index (κ3) is 8.69. The molecule has 1 unspecified atom stereocenters. The maximum Gasteiger partial charge on any atom is 0.342 e. The van der Waals surface area contributed by atoms with E-state index in [9.17, 15) is 9.59 Å². The van der Waals surface area contributed by atoms with Gasteiger partial charge < -0.3 is 5.32 Å². The van der Waals surface area contributed by atoms with E-state index in [0.29, 0.717) is 32.4 Å². The molecule has 6 nitrogen and oxygen atoms in total. The first-order chi connectivity index (χ1) is 9.18. The highest BCUT2D eigenvalue weighted by atomic mass is 17.2. The molecule has 1 fully saturated rings. The van der Waals surface area contributed by atoms with Crippen LogP contribution in [0.15, 0.2) is 0 Å². The molecule has 0 spiro atoms. The first kappa shape index (κ1) is 16.1. The minimum Gasteiger partial charge on any atom is -0.302 e. The summed E-state index contributed by atoms with van der Waals surface area (Å²) in [5.41, 5.74) is 0. The number of hydrogen-bond donors (Lipinski definition) is 2. The fraction of sp³-hybridized carbons (Fsp3) is 0.846. The molecule has 6 heteroatoms. The van der Waals surface area contributed by atoms with Crippen LogP contribution in [0, 0.1) is 0 Å². The van der Waals surface area contributed by atoms with Crippen molar-refractivity contribution in [3.8, 4) is 0 Å². The summed E-state index contributed by atoms with van der Waals surface area (Å²) in [6.45, 7) is 3.83. The molecule has 0 aromatic heterocycles. The van der Waals surface area contributed by atoms with Crippen LogP contribution in [-0.2, 0) is 19.4 Å². The lowest BCUT2D eigenvalue weighted by molar-refractivity contribution is -0.271. The van der Waals surface area contributed by atoms with Crippen LogP contribution in [0.5, 0.6) is 0 Å². The molecule has 1 rings (SSSR count). The van der Waals surface area contributed by atoms with Gasteiger partial charge in [-0.05, 0) is 32.7 Å². The van der Waals surface area contributed by atoms with Crippen LogP contribution >= 0.6 is 0 Å². The van der Waals surface area contributed by atoms with E-state index in [1.807, 2.05) is 6.92 Å². The molecule has 0 radical (unpaired) electrons. The Hall–Kier alpha value is -0.980. The monoisotopic (exact) mass is 272 g/mol. The van der Waals surface area contributed by atoms with Gasteiger partial charge in [-0.1, -0.05) is 0 Å². The van der Waals surface area contributed by atoms with Crippen LogP contribution in [0.4, 0.5) is 0 Å². The van der Waals surface area contributed by atoms with Gasteiger partial charge in [-0.3, -0.25) is 15.0 Å². The zero-order chi connectivity index (χ0) is 13.9. The molecular formula is C13H24N2O4. The number of rotatable bonds is 0. The molecule has 19 heavy (non-hydrogen) atoms. The summed E-state index contributed by atoms with van der Waals surface area (Å²) in [5.74, 6) is -0.196. The highest BCUT2D eigenvalue weighted by Crippen LogP contribution is 2.05. The van der Waals surface area contributed by atoms with Crippen LogP contribution in [-0.4, -0.2) is 37.6 Å². The van der Waals surface area contributed by atoms with E-state index in [-0.39, 0.29) is 18.4 Å². The first-order valence-corrected chi connectivity index (χ1v) is 6.99. The summed E-state index contributed by atoms with van der Waals surface area (Å²) >= 11 is 0. The Morgan fingerprint density at radius 2 is 1.74 bits per heavy atom. The highest BCUT2D eigenvalue weighted by molar-refractivity contribution is 5.79. The smallest absolute Gasteiger partial charge is 0.302 e. The molecule has 0 amide bonds. The molecule has 2 N–H and O–H groups in total. The lowest BCUT2D eigenvalue weighted by Crippen LogP contribution is -2.41. The molecule has 0 aromatic carbocycles. The van der Waals surface area contributed by atoms with E-state index >= 15 is 0 Å². The van der Waals surface area contributed by atoms with Crippen molar-refractivity contribution < 1.29 is 19.4 Å². The molecule has 1 aliphatic rings. The molecular weight excluding hydrogens is 248 g/mol. The second-order valence-corrected chi connectivity index (χ2v) is 4.76. The molecule has 1 aliphatic heterocycles. The van der Waals surface area contributed by atoms with Crippen LogP contribution in [0.2, 0.25) is 0 Å². The van der Waals surface area contributed by atoms with Gasteiger partial charge in [0.1, 0.15) is 12.4 Å². The number of Topliss-reactive ketones (excluding diaryl/α,β-unsaturated/α-hetero) is 1. The van der Waals surface area contributed by atoms with Gasteiger partial charge >= 0.3 is 5.97 Å². The Labute approximate surface area is 114 Å². The lowest BCUT2D eigenvalue weighted by atomic mass is 10.1. The van der Waals surface area contributed by atoms with Gasteiger partial charge in [0.15, 0.2) is 0 Å². The Kier molecular flexibility index (Phi) is 8.36. The minimum absolute atomic E-state index is 0.169. The van der Waals surface area contributed by atoms with E-state index in [4.69, 9.17) is 4.89 Å². The zero-order valence-electron chi connectivity index (χ0n) is 11.6. The first-order valence-electron chi connectivity index (χ1n) is 6.99. The molecule has 1 saturated heterocycles. The van der Waals surface area contributed by atoms with E-state index < -0.39 is 5.97 Å². The average Bonchev–Trinajstić information content (AvgIpc) is 2.37. The van der Waals surface area contributed by atoms with Crippen molar-refractivity contribution in [2.24, 2.45) is 0 Å². The molecule has 0 bridgehead atoms. The lowest BCUT2D eigenvalue weighted by Gasteiger charge is -2.15. The SMILES string of the molecule is CC1NCCCCC(=O)CCCC(=O)OOCCN1. The van der Waals surface area contributed by atoms with Crippen molar-refractivity contribution in [1.29, 1.82) is 0 Å². The maximum absolute atomic E-state index is 11.5. The van der Waals surface area contributed by atoms with Gasteiger partial charge in [-0.15, -0.1) is 0 Å². The summed E-state index contributed by atoms with van der Waals surface area (Å²) in [7, 11) is 0. The molecule has 1 heterocycles. The van der Waals surface area contributed by atoms with Crippen molar-refractivity contribution in [1.82, 2.24) is 10.6 Å². The van der Waals surface area contributed by atoms with Crippen molar-refractivity contribution in [2.75, 3.05) is 19.7 Å². The normalized spacial score (nSPS) is 25.8. The van der Waals surface area contributed by atoms with E-state index in [1.165, 1.54) is 0 Å². The van der Waals surface area contributed by atoms with Gasteiger partial charge in [-0.25, -0.2) is 4.79 Å². The van der Waals surface area contributed by atoms with Crippen LogP contribution in [0.25, 0.3) is 0 Å². The number of carbonyl (C=O) groups excluding carboxylic acids is 2. The van der Waals surface area contributed by atoms with Gasteiger partial charge in [0.05, 0.1) is 6.17 Å². The fourth-order valence-corrected chi connectivity index (χ4v) is 1.86. The molecule has 1 atom stereocenters. The quantitative estimate of drug-likeness (QED) is 0.638. The van der Waals surface area contributed by atoms with Crippen LogP contribution in [0.1, 0.15) is 45.4 Å². The Bertz CT molecular complexity index is 258. The van der Waals surface area contributed by atoms with Gasteiger partial charge in [0.2, 0.25) is 0 Å². The van der Waals surface area contributed by atoms with Crippen LogP contribution in [0.3, 0.4) is 0 Å². The summed E-state index contributed by atoms with van der Waals surface area (Å²) in [5, 5.41) is 6.50. The highest BCUT2D eigenvalue weighted by Gasteiger charge is 2.08. The van der Waals surface area contributed by atoms with E-state index in [1.54, 1.807) is 0 Å². The minimum atomic E-state index is -0.411. The average molecular weight is 272 g/mol. The summed E-state index contributed by atoms with van der Waals surface area (Å²) < 4.78 is 0. The van der Waals surface area contributed by atoms with Crippen molar-refractivity contribution in [2.45, 2.75) is 51.6 Å². The summed E-state index contributed by atoms with van der Waals surface area (Å²) in [4.78, 5) is 32.2. The number of ketones is 1. The third-order valence-corrected chi connectivity index (χ3v) is 2.96. The van der Waals surface area contributed by atoms with E-state index in [0.717, 1.165) is 19.4 Å². The number of nitrogens with one attached hydrogen (secondary N) is 2. The number of hydrogen-bond acceptors (Lipinski definition) is 6. The second kappa shape index (κ2) is 9.89.